The predicted molar refractivity (Wildman–Crippen MR) is 253 cm³/mol. The van der Waals surface area contributed by atoms with E-state index in [0.29, 0.717) is 11.4 Å². The highest BCUT2D eigenvalue weighted by molar-refractivity contribution is 5.98. The smallest absolute Gasteiger partial charge is 0.149 e. The van der Waals surface area contributed by atoms with Gasteiger partial charge < -0.3 is 5.11 Å². The van der Waals surface area contributed by atoms with E-state index in [2.05, 4.69) is 113 Å². The lowest BCUT2D eigenvalue weighted by Crippen LogP contribution is -2.11. The number of para-hydroxylation sites is 1. The molecule has 4 heteroatoms. The van der Waals surface area contributed by atoms with Gasteiger partial charge in [-0.15, -0.1) is 0 Å². The van der Waals surface area contributed by atoms with Crippen molar-refractivity contribution in [3.63, 3.8) is 0 Å². The van der Waals surface area contributed by atoms with E-state index in [0.717, 1.165) is 83.6 Å². The Hall–Kier alpha value is -6.26. The monoisotopic (exact) mass is 791 g/mol. The summed E-state index contributed by atoms with van der Waals surface area (Å²) >= 11 is 0. The van der Waals surface area contributed by atoms with Crippen LogP contribution in [0.2, 0.25) is 0 Å². The lowest BCUT2D eigenvalue weighted by atomic mass is 9.83. The number of benzene rings is 6. The number of phenolic OH excluding ortho intramolecular Hbond substituents is 1. The molecular weight excluding hydrogens is 731 g/mol. The van der Waals surface area contributed by atoms with Crippen LogP contribution in [0.4, 0.5) is 0 Å². The van der Waals surface area contributed by atoms with Crippen LogP contribution in [0.25, 0.3) is 72.7 Å². The number of rotatable bonds is 7. The maximum Gasteiger partial charge on any atom is 0.149 e. The second-order valence-electron chi connectivity index (χ2n) is 18.5. The molecule has 2 aromatic heterocycles. The Morgan fingerprint density at radius 3 is 1.98 bits per heavy atom. The van der Waals surface area contributed by atoms with Gasteiger partial charge in [-0.25, -0.2) is 4.98 Å². The Bertz CT molecular complexity index is 3050. The molecule has 1 N–H and O–H groups in total. The molecular formula is C56H57N3O. The Labute approximate surface area is 362 Å². The molecule has 0 atom stereocenters. The van der Waals surface area contributed by atoms with Crippen molar-refractivity contribution in [2.45, 2.75) is 92.8 Å². The molecule has 0 saturated heterocycles. The quantitative estimate of drug-likeness (QED) is 0.175. The lowest BCUT2D eigenvalue weighted by Gasteiger charge is -2.22. The molecule has 8 aromatic rings. The summed E-state index contributed by atoms with van der Waals surface area (Å²) < 4.78 is 35.7. The van der Waals surface area contributed by atoms with E-state index in [-0.39, 0.29) is 22.1 Å². The molecule has 60 heavy (non-hydrogen) atoms. The van der Waals surface area contributed by atoms with Crippen LogP contribution in [0, 0.1) is 20.7 Å². The van der Waals surface area contributed by atoms with Crippen LogP contribution in [0.1, 0.15) is 100 Å². The molecule has 302 valence electrons. The maximum atomic E-state index is 11.8. The molecule has 0 spiro atoms. The van der Waals surface area contributed by atoms with Crippen molar-refractivity contribution >= 4 is 11.0 Å². The van der Waals surface area contributed by atoms with Crippen molar-refractivity contribution in [1.29, 1.82) is 0 Å². The minimum Gasteiger partial charge on any atom is -0.507 e. The molecule has 8 rings (SSSR count). The first-order chi connectivity index (χ1) is 30.0. The van der Waals surface area contributed by atoms with Gasteiger partial charge in [0.05, 0.1) is 28.0 Å². The van der Waals surface area contributed by atoms with E-state index < -0.39 is 12.7 Å². The van der Waals surface area contributed by atoms with Crippen LogP contribution in [-0.2, 0) is 10.8 Å². The van der Waals surface area contributed by atoms with Gasteiger partial charge in [0.25, 0.3) is 0 Å². The van der Waals surface area contributed by atoms with Gasteiger partial charge in [0, 0.05) is 28.4 Å². The summed E-state index contributed by atoms with van der Waals surface area (Å²) in [6.07, 6.45) is 1.85. The molecule has 0 radical (unpaired) electrons. The Balaban J connectivity index is 1.38. The summed E-state index contributed by atoms with van der Waals surface area (Å²) in [5, 5.41) is 11.8. The first kappa shape index (κ1) is 35.7. The summed E-state index contributed by atoms with van der Waals surface area (Å²) in [7, 11) is 0. The van der Waals surface area contributed by atoms with E-state index in [9.17, 15) is 5.11 Å². The highest BCUT2D eigenvalue weighted by Crippen LogP contribution is 2.43. The van der Waals surface area contributed by atoms with E-state index in [1.807, 2.05) is 82.4 Å². The lowest BCUT2D eigenvalue weighted by molar-refractivity contribution is 0.472. The second-order valence-corrected chi connectivity index (χ2v) is 18.5. The highest BCUT2D eigenvalue weighted by Gasteiger charge is 2.25. The Morgan fingerprint density at radius 2 is 1.30 bits per heavy atom. The van der Waals surface area contributed by atoms with Gasteiger partial charge >= 0.3 is 0 Å². The molecule has 4 nitrogen and oxygen atoms in total. The number of aromatic hydroxyl groups is 1. The predicted octanol–water partition coefficient (Wildman–Crippen LogP) is 15.1. The zero-order valence-electron chi connectivity index (χ0n) is 40.5. The van der Waals surface area contributed by atoms with Crippen molar-refractivity contribution in [2.75, 3.05) is 0 Å². The zero-order chi connectivity index (χ0) is 46.1. The number of aromatic nitrogens is 3. The van der Waals surface area contributed by atoms with Crippen LogP contribution >= 0.6 is 0 Å². The maximum absolute atomic E-state index is 11.8. The molecule has 6 aromatic carbocycles. The van der Waals surface area contributed by atoms with Crippen molar-refractivity contribution in [3.8, 4) is 67.5 Å². The molecule has 0 fully saturated rings. The number of hydrogen-bond donors (Lipinski definition) is 1. The molecule has 0 bridgehead atoms. The molecule has 0 amide bonds. The van der Waals surface area contributed by atoms with E-state index in [4.69, 9.17) is 15.5 Å². The summed E-state index contributed by atoms with van der Waals surface area (Å²) in [6.45, 7) is 18.5. The van der Waals surface area contributed by atoms with Gasteiger partial charge in [-0.05, 0) is 136 Å². The van der Waals surface area contributed by atoms with Crippen LogP contribution in [0.3, 0.4) is 0 Å². The topological polar surface area (TPSA) is 50.9 Å². The van der Waals surface area contributed by atoms with Crippen LogP contribution in [-0.4, -0.2) is 19.6 Å². The highest BCUT2D eigenvalue weighted by atomic mass is 16.3. The molecule has 0 saturated carbocycles. The summed E-state index contributed by atoms with van der Waals surface area (Å²) in [5.74, 6) is -0.00236. The summed E-state index contributed by atoms with van der Waals surface area (Å²) in [6, 6.07) is 42.8. The largest absolute Gasteiger partial charge is 0.507 e. The van der Waals surface area contributed by atoms with Crippen molar-refractivity contribution in [2.24, 2.45) is 0 Å². The minimum absolute atomic E-state index is 0.0672. The Kier molecular flexibility index (Phi) is 9.16. The number of phenols is 1. The third kappa shape index (κ3) is 7.79. The number of nitrogens with zero attached hydrogens (tertiary/aromatic N) is 3. The molecule has 0 unspecified atom stereocenters. The number of pyridine rings is 1. The van der Waals surface area contributed by atoms with Gasteiger partial charge in [-0.1, -0.05) is 140 Å². The normalized spacial score (nSPS) is 13.5. The van der Waals surface area contributed by atoms with E-state index >= 15 is 0 Å². The Morgan fingerprint density at radius 1 is 0.617 bits per heavy atom. The summed E-state index contributed by atoms with van der Waals surface area (Å²) in [4.78, 5) is 10.4. The van der Waals surface area contributed by atoms with Crippen molar-refractivity contribution in [3.05, 3.63) is 167 Å². The fourth-order valence-electron chi connectivity index (χ4n) is 8.13. The SMILES string of the molecule is [2H]C([2H])([2H])c1ccc(-n2c(-c3cc(C)cc(C)c3O)nc3c(-c4cc(-c5cc(-c6ccc(C([2H])(C)C)cc6)ccn5)cc(C(C)(C)C)c4)cccc32)c(-c2ccc(C(C)(C)C)cc2)c1. The van der Waals surface area contributed by atoms with Gasteiger partial charge in [-0.3, -0.25) is 9.55 Å². The van der Waals surface area contributed by atoms with Crippen LogP contribution < -0.4 is 0 Å². The van der Waals surface area contributed by atoms with E-state index in [1.54, 1.807) is 12.1 Å². The number of hydrogen-bond acceptors (Lipinski definition) is 3. The van der Waals surface area contributed by atoms with Gasteiger partial charge in [0.2, 0.25) is 0 Å². The first-order valence-electron chi connectivity index (χ1n) is 22.8. The standard InChI is InChI=1S/C56H57N3O/c1-34(2)38-16-18-39(19-17-38)41-25-26-57-49(33-41)43-30-42(31-45(32-43)56(9,10)11)46-13-12-14-51-52(46)58-54(48-29-36(4)27-37(5)53(48)60)59(51)50-24-15-35(3)28-47(50)40-20-22-44(23-21-40)55(6,7)8/h12-34,60H,1-11H3/i3D3,34D. The molecule has 0 aliphatic carbocycles. The molecule has 0 aliphatic rings. The van der Waals surface area contributed by atoms with Crippen LogP contribution in [0.15, 0.2) is 134 Å². The zero-order valence-corrected chi connectivity index (χ0v) is 36.5. The molecule has 2 heterocycles. The number of aryl methyl sites for hydroxylation is 3. The van der Waals surface area contributed by atoms with Crippen molar-refractivity contribution in [1.82, 2.24) is 14.5 Å². The number of fused-ring (bicyclic) bond motifs is 1. The number of imidazole rings is 1. The third-order valence-corrected chi connectivity index (χ3v) is 11.6. The first-order valence-corrected chi connectivity index (χ1v) is 20.8. The average Bonchev–Trinajstić information content (AvgIpc) is 3.63. The average molecular weight is 792 g/mol. The van der Waals surface area contributed by atoms with E-state index in [1.165, 1.54) is 5.56 Å². The minimum atomic E-state index is -2.33. The van der Waals surface area contributed by atoms with Crippen LogP contribution in [0.5, 0.6) is 5.75 Å². The fourth-order valence-corrected chi connectivity index (χ4v) is 8.13. The fraction of sp³-hybridized carbons (Fsp3) is 0.250. The second kappa shape index (κ2) is 15.4. The van der Waals surface area contributed by atoms with Crippen molar-refractivity contribution < 1.29 is 10.6 Å². The summed E-state index contributed by atoms with van der Waals surface area (Å²) in [5.41, 5.74) is 15.2. The third-order valence-electron chi connectivity index (χ3n) is 11.6. The van der Waals surface area contributed by atoms with Gasteiger partial charge in [0.15, 0.2) is 0 Å². The van der Waals surface area contributed by atoms with Gasteiger partial charge in [-0.2, -0.15) is 0 Å². The molecule has 0 aliphatic heterocycles. The van der Waals surface area contributed by atoms with Gasteiger partial charge in [0.1, 0.15) is 11.6 Å².